The lowest BCUT2D eigenvalue weighted by Crippen LogP contribution is -2.27. The van der Waals surface area contributed by atoms with Crippen molar-refractivity contribution in [3.63, 3.8) is 0 Å². The third-order valence-corrected chi connectivity index (χ3v) is 5.84. The fourth-order valence-electron chi connectivity index (χ4n) is 3.75. The summed E-state index contributed by atoms with van der Waals surface area (Å²) in [5.41, 5.74) is 2.10. The zero-order chi connectivity index (χ0) is 29.2. The van der Waals surface area contributed by atoms with Crippen LogP contribution < -0.4 is 20.7 Å². The van der Waals surface area contributed by atoms with E-state index in [2.05, 4.69) is 20.9 Å². The second-order valence-electron chi connectivity index (χ2n) is 10.1. The fourth-order valence-corrected chi connectivity index (χ4v) is 3.75. The maximum Gasteiger partial charge on any atom is 0.324 e. The molecule has 0 radical (unpaired) electrons. The van der Waals surface area contributed by atoms with E-state index in [0.717, 1.165) is 5.69 Å². The van der Waals surface area contributed by atoms with Gasteiger partial charge in [-0.1, -0.05) is 26.8 Å². The van der Waals surface area contributed by atoms with Crippen molar-refractivity contribution >= 4 is 23.4 Å². The summed E-state index contributed by atoms with van der Waals surface area (Å²) in [5, 5.41) is 22.0. The molecule has 0 bridgehead atoms. The van der Waals surface area contributed by atoms with Crippen molar-refractivity contribution in [2.45, 2.75) is 26.2 Å². The van der Waals surface area contributed by atoms with Gasteiger partial charge in [0.05, 0.1) is 31.2 Å². The Bertz CT molecular complexity index is 1450. The van der Waals surface area contributed by atoms with Crippen LogP contribution in [0.1, 0.15) is 36.8 Å². The maximum atomic E-state index is 13.0. The van der Waals surface area contributed by atoms with E-state index >= 15 is 0 Å². The SMILES string of the molecule is CC(C)(C)c1cc(NC(=O)Nc2ccc(Oc3ccncc3)cc2)n(-c2cccc(C(=O)NCCOCCO)c2)n1. The Labute approximate surface area is 238 Å². The van der Waals surface area contributed by atoms with Crippen LogP contribution in [0.25, 0.3) is 5.69 Å². The van der Waals surface area contributed by atoms with Gasteiger partial charge in [0.2, 0.25) is 0 Å². The molecular weight excluding hydrogens is 524 g/mol. The van der Waals surface area contributed by atoms with Crippen molar-refractivity contribution in [2.24, 2.45) is 0 Å². The molecule has 0 aliphatic rings. The van der Waals surface area contributed by atoms with Crippen LogP contribution in [0.15, 0.2) is 79.1 Å². The highest BCUT2D eigenvalue weighted by Gasteiger charge is 2.22. The van der Waals surface area contributed by atoms with E-state index in [-0.39, 0.29) is 24.5 Å². The molecule has 4 aromatic rings. The van der Waals surface area contributed by atoms with Gasteiger partial charge in [0, 0.05) is 41.7 Å². The number of aliphatic hydroxyl groups is 1. The standard InChI is InChI=1S/C30H34N6O5/c1-30(2,3)26-20-27(34-29(39)33-22-7-9-24(10-8-22)41-25-11-13-31-14-12-25)36(35-26)23-6-4-5-21(19-23)28(38)32-15-17-40-18-16-37/h4-14,19-20,37H,15-18H2,1-3H3,(H,32,38)(H2,33,34,39). The van der Waals surface area contributed by atoms with Crippen molar-refractivity contribution < 1.29 is 24.2 Å². The Balaban J connectivity index is 1.47. The second kappa shape index (κ2) is 13.6. The van der Waals surface area contributed by atoms with Crippen LogP contribution in [0.5, 0.6) is 11.5 Å². The third kappa shape index (κ3) is 8.37. The number of pyridine rings is 1. The van der Waals surface area contributed by atoms with E-state index in [0.29, 0.717) is 47.4 Å². The van der Waals surface area contributed by atoms with Crippen molar-refractivity contribution in [2.75, 3.05) is 37.0 Å². The molecule has 0 spiro atoms. The Morgan fingerprint density at radius 1 is 0.927 bits per heavy atom. The topological polar surface area (TPSA) is 140 Å². The molecule has 0 aliphatic carbocycles. The highest BCUT2D eigenvalue weighted by molar-refractivity contribution is 5.99. The highest BCUT2D eigenvalue weighted by atomic mass is 16.5. The number of anilines is 2. The molecule has 0 aliphatic heterocycles. The minimum atomic E-state index is -0.453. The summed E-state index contributed by atoms with van der Waals surface area (Å²) in [6.07, 6.45) is 3.29. The number of aromatic nitrogens is 3. The number of aliphatic hydroxyl groups excluding tert-OH is 1. The Hall–Kier alpha value is -4.74. The molecule has 41 heavy (non-hydrogen) atoms. The first kappa shape index (κ1) is 29.2. The van der Waals surface area contributed by atoms with E-state index in [9.17, 15) is 9.59 Å². The zero-order valence-electron chi connectivity index (χ0n) is 23.3. The van der Waals surface area contributed by atoms with Gasteiger partial charge in [0.25, 0.3) is 5.91 Å². The molecule has 11 heteroatoms. The fraction of sp³-hybridized carbons (Fsp3) is 0.267. The molecule has 2 heterocycles. The number of nitrogens with one attached hydrogen (secondary N) is 3. The number of nitrogens with zero attached hydrogens (tertiary/aromatic N) is 3. The summed E-state index contributed by atoms with van der Waals surface area (Å²) in [6, 6.07) is 18.8. The first-order valence-corrected chi connectivity index (χ1v) is 13.2. The molecule has 0 unspecified atom stereocenters. The molecule has 11 nitrogen and oxygen atoms in total. The van der Waals surface area contributed by atoms with Crippen molar-refractivity contribution in [1.82, 2.24) is 20.1 Å². The molecule has 0 fully saturated rings. The van der Waals surface area contributed by atoms with Gasteiger partial charge in [0.15, 0.2) is 0 Å². The largest absolute Gasteiger partial charge is 0.457 e. The summed E-state index contributed by atoms with van der Waals surface area (Å²) in [4.78, 5) is 29.6. The van der Waals surface area contributed by atoms with Gasteiger partial charge in [0.1, 0.15) is 17.3 Å². The Kier molecular flexibility index (Phi) is 9.67. The first-order chi connectivity index (χ1) is 19.7. The number of rotatable bonds is 11. The lowest BCUT2D eigenvalue weighted by molar-refractivity contribution is 0.0838. The smallest absolute Gasteiger partial charge is 0.324 e. The van der Waals surface area contributed by atoms with Gasteiger partial charge < -0.3 is 25.2 Å². The van der Waals surface area contributed by atoms with Crippen LogP contribution in [0.4, 0.5) is 16.3 Å². The Morgan fingerprint density at radius 2 is 1.66 bits per heavy atom. The maximum absolute atomic E-state index is 13.0. The van der Waals surface area contributed by atoms with E-state index in [1.807, 2.05) is 32.9 Å². The molecule has 4 N–H and O–H groups in total. The number of urea groups is 1. The second-order valence-corrected chi connectivity index (χ2v) is 10.1. The van der Waals surface area contributed by atoms with E-state index in [1.54, 1.807) is 71.7 Å². The summed E-state index contributed by atoms with van der Waals surface area (Å²) in [6.45, 7) is 6.84. The van der Waals surface area contributed by atoms with E-state index in [4.69, 9.17) is 19.7 Å². The summed E-state index contributed by atoms with van der Waals surface area (Å²) in [7, 11) is 0. The van der Waals surface area contributed by atoms with Gasteiger partial charge in [-0.15, -0.1) is 0 Å². The molecule has 0 saturated carbocycles. The first-order valence-electron chi connectivity index (χ1n) is 13.2. The van der Waals surface area contributed by atoms with Crippen LogP contribution in [-0.4, -0.2) is 58.2 Å². The van der Waals surface area contributed by atoms with Crippen LogP contribution >= 0.6 is 0 Å². The highest BCUT2D eigenvalue weighted by Crippen LogP contribution is 2.27. The number of amides is 3. The lowest BCUT2D eigenvalue weighted by atomic mass is 9.92. The number of benzene rings is 2. The molecule has 2 aromatic carbocycles. The predicted octanol–water partition coefficient (Wildman–Crippen LogP) is 4.74. The molecule has 0 atom stereocenters. The van der Waals surface area contributed by atoms with Crippen molar-refractivity contribution in [3.05, 3.63) is 90.4 Å². The van der Waals surface area contributed by atoms with Crippen LogP contribution in [-0.2, 0) is 10.2 Å². The van der Waals surface area contributed by atoms with Gasteiger partial charge in [-0.3, -0.25) is 15.1 Å². The van der Waals surface area contributed by atoms with E-state index in [1.165, 1.54) is 0 Å². The van der Waals surface area contributed by atoms with Gasteiger partial charge >= 0.3 is 6.03 Å². The van der Waals surface area contributed by atoms with Crippen molar-refractivity contribution in [1.29, 1.82) is 0 Å². The monoisotopic (exact) mass is 558 g/mol. The number of carbonyl (C=O) groups excluding carboxylic acids is 2. The summed E-state index contributed by atoms with van der Waals surface area (Å²) in [5.74, 6) is 1.46. The molecule has 3 amide bonds. The summed E-state index contributed by atoms with van der Waals surface area (Å²) < 4.78 is 12.6. The van der Waals surface area contributed by atoms with Gasteiger partial charge in [-0.25, -0.2) is 9.48 Å². The lowest BCUT2D eigenvalue weighted by Gasteiger charge is -2.14. The number of hydrogen-bond donors (Lipinski definition) is 4. The molecule has 2 aromatic heterocycles. The number of hydrogen-bond acceptors (Lipinski definition) is 7. The Morgan fingerprint density at radius 3 is 2.37 bits per heavy atom. The van der Waals surface area contributed by atoms with Gasteiger partial charge in [-0.2, -0.15) is 5.10 Å². The summed E-state index contributed by atoms with van der Waals surface area (Å²) >= 11 is 0. The average Bonchev–Trinajstić information content (AvgIpc) is 3.39. The van der Waals surface area contributed by atoms with Crippen LogP contribution in [0, 0.1) is 0 Å². The predicted molar refractivity (Wildman–Crippen MR) is 156 cm³/mol. The molecule has 4 rings (SSSR count). The van der Waals surface area contributed by atoms with E-state index < -0.39 is 6.03 Å². The molecule has 214 valence electrons. The average molecular weight is 559 g/mol. The minimum absolute atomic E-state index is 0.0704. The molecular formula is C30H34N6O5. The van der Waals surface area contributed by atoms with Crippen LogP contribution in [0.2, 0.25) is 0 Å². The normalized spacial score (nSPS) is 11.1. The minimum Gasteiger partial charge on any atom is -0.457 e. The number of carbonyl (C=O) groups is 2. The molecule has 0 saturated heterocycles. The van der Waals surface area contributed by atoms with Gasteiger partial charge in [-0.05, 0) is 54.6 Å². The number of ether oxygens (including phenoxy) is 2. The zero-order valence-corrected chi connectivity index (χ0v) is 23.3. The van der Waals surface area contributed by atoms with Crippen molar-refractivity contribution in [3.8, 4) is 17.2 Å². The van der Waals surface area contributed by atoms with Crippen LogP contribution in [0.3, 0.4) is 0 Å². The third-order valence-electron chi connectivity index (χ3n) is 5.84. The quantitative estimate of drug-likeness (QED) is 0.195.